The number of hydrogen-bond donors (Lipinski definition) is 0. The van der Waals surface area contributed by atoms with Crippen LogP contribution in [0.3, 0.4) is 0 Å². The van der Waals surface area contributed by atoms with Crippen LogP contribution in [0.25, 0.3) is 0 Å². The monoisotopic (exact) mass is 536 g/mol. The van der Waals surface area contributed by atoms with Crippen LogP contribution in [0.4, 0.5) is 0 Å². The van der Waals surface area contributed by atoms with Gasteiger partial charge in [0.05, 0.1) is 24.4 Å². The highest BCUT2D eigenvalue weighted by atomic mass is 32.9. The summed E-state index contributed by atoms with van der Waals surface area (Å²) in [7, 11) is 0. The molecule has 0 aromatic carbocycles. The Morgan fingerprint density at radius 3 is 1.03 bits per heavy atom. The van der Waals surface area contributed by atoms with Crippen LogP contribution < -0.4 is 0 Å². The zero-order chi connectivity index (χ0) is 23.2. The third kappa shape index (κ3) is 14.7. The Bertz CT molecular complexity index is 497. The van der Waals surface area contributed by atoms with Gasteiger partial charge in [0.2, 0.25) is 11.4 Å². The SMILES string of the molecule is CCC(C)OP(=S)(OC(C)CC)SCC=CCSP(=S)(OC(C)CC)OC(C)CC. The van der Waals surface area contributed by atoms with Crippen molar-refractivity contribution in [3.05, 3.63) is 12.2 Å². The molecule has 0 aromatic rings. The molecule has 30 heavy (non-hydrogen) atoms. The first-order valence-corrected chi connectivity index (χ1v) is 19.4. The quantitative estimate of drug-likeness (QED) is 0.127. The van der Waals surface area contributed by atoms with E-state index in [9.17, 15) is 0 Å². The molecular formula is C20H42O4P2S4. The molecular weight excluding hydrogens is 494 g/mol. The second-order valence-electron chi connectivity index (χ2n) is 7.25. The van der Waals surface area contributed by atoms with E-state index in [1.54, 1.807) is 22.8 Å². The molecule has 0 amide bonds. The lowest BCUT2D eigenvalue weighted by Crippen LogP contribution is -2.10. The fraction of sp³-hybridized carbons (Fsp3) is 0.900. The van der Waals surface area contributed by atoms with E-state index in [1.807, 2.05) is 0 Å². The Morgan fingerprint density at radius 1 is 0.600 bits per heavy atom. The van der Waals surface area contributed by atoms with Crippen LogP contribution in [0.1, 0.15) is 81.1 Å². The maximum absolute atomic E-state index is 6.11. The summed E-state index contributed by atoms with van der Waals surface area (Å²) in [5.41, 5.74) is -4.73. The molecule has 0 saturated heterocycles. The lowest BCUT2D eigenvalue weighted by atomic mass is 10.3. The topological polar surface area (TPSA) is 36.9 Å². The van der Waals surface area contributed by atoms with E-state index in [1.165, 1.54) is 0 Å². The van der Waals surface area contributed by atoms with E-state index in [4.69, 9.17) is 41.7 Å². The molecule has 0 radical (unpaired) electrons. The highest BCUT2D eigenvalue weighted by Crippen LogP contribution is 2.64. The standard InChI is InChI=1S/C20H42O4P2S4/c1-9-17(5)21-25(27,22-18(6)10-2)29-15-13-14-16-30-26(28,23-19(7)11-3)24-20(8)12-4/h13-14,17-20H,9-12,15-16H2,1-8H3. The van der Waals surface area contributed by atoms with E-state index in [0.29, 0.717) is 0 Å². The fourth-order valence-electron chi connectivity index (χ4n) is 1.76. The Kier molecular flexibility index (Phi) is 18.0. The van der Waals surface area contributed by atoms with Crippen molar-refractivity contribution in [1.82, 2.24) is 0 Å². The third-order valence-electron chi connectivity index (χ3n) is 4.36. The van der Waals surface area contributed by atoms with Crippen LogP contribution in [0, 0.1) is 0 Å². The summed E-state index contributed by atoms with van der Waals surface area (Å²) in [5.74, 6) is 1.51. The summed E-state index contributed by atoms with van der Waals surface area (Å²) in [4.78, 5) is 0. The smallest absolute Gasteiger partial charge is 0.248 e. The van der Waals surface area contributed by atoms with Gasteiger partial charge in [0, 0.05) is 11.5 Å². The normalized spacial score (nSPS) is 20.4. The second kappa shape index (κ2) is 17.1. The maximum Gasteiger partial charge on any atom is 0.248 e. The molecule has 0 aliphatic rings. The first kappa shape index (κ1) is 31.6. The van der Waals surface area contributed by atoms with Gasteiger partial charge in [-0.15, -0.1) is 0 Å². The molecule has 180 valence electrons. The van der Waals surface area contributed by atoms with Gasteiger partial charge in [-0.2, -0.15) is 0 Å². The molecule has 0 fully saturated rings. The van der Waals surface area contributed by atoms with Crippen molar-refractivity contribution in [2.75, 3.05) is 11.5 Å². The van der Waals surface area contributed by atoms with E-state index in [0.717, 1.165) is 37.2 Å². The molecule has 10 heteroatoms. The highest BCUT2D eigenvalue weighted by molar-refractivity contribution is 8.68. The highest BCUT2D eigenvalue weighted by Gasteiger charge is 2.25. The van der Waals surface area contributed by atoms with Crippen molar-refractivity contribution in [2.45, 2.75) is 105 Å². The molecule has 0 rings (SSSR count). The molecule has 4 nitrogen and oxygen atoms in total. The van der Waals surface area contributed by atoms with Gasteiger partial charge in [0.25, 0.3) is 0 Å². The summed E-state index contributed by atoms with van der Waals surface area (Å²) in [5, 5.41) is 0. The Labute approximate surface area is 204 Å². The Balaban J connectivity index is 4.79. The van der Waals surface area contributed by atoms with Gasteiger partial charge in [-0.25, -0.2) is 0 Å². The van der Waals surface area contributed by atoms with Crippen molar-refractivity contribution in [1.29, 1.82) is 0 Å². The van der Waals surface area contributed by atoms with Gasteiger partial charge in [0.1, 0.15) is 0 Å². The average molecular weight is 537 g/mol. The van der Waals surface area contributed by atoms with Crippen LogP contribution in [0.15, 0.2) is 12.2 Å². The lowest BCUT2D eigenvalue weighted by molar-refractivity contribution is 0.163. The largest absolute Gasteiger partial charge is 0.319 e. The number of hydrogen-bond acceptors (Lipinski definition) is 8. The van der Waals surface area contributed by atoms with Crippen molar-refractivity contribution in [3.8, 4) is 0 Å². The van der Waals surface area contributed by atoms with Crippen molar-refractivity contribution in [3.63, 3.8) is 0 Å². The minimum Gasteiger partial charge on any atom is -0.319 e. The van der Waals surface area contributed by atoms with Crippen molar-refractivity contribution < 1.29 is 18.1 Å². The zero-order valence-electron chi connectivity index (χ0n) is 19.9. The molecule has 4 unspecified atom stereocenters. The van der Waals surface area contributed by atoms with Gasteiger partial charge in [0.15, 0.2) is 0 Å². The molecule has 0 aliphatic heterocycles. The molecule has 0 aromatic heterocycles. The molecule has 4 atom stereocenters. The van der Waals surface area contributed by atoms with E-state index in [2.05, 4.69) is 67.5 Å². The molecule has 0 aliphatic carbocycles. The Hall–Kier alpha value is 1.58. The number of rotatable bonds is 18. The van der Waals surface area contributed by atoms with Gasteiger partial charge >= 0.3 is 0 Å². The Morgan fingerprint density at radius 2 is 0.833 bits per heavy atom. The van der Waals surface area contributed by atoms with Gasteiger partial charge in [-0.05, 0) is 77.0 Å². The molecule has 0 spiro atoms. The van der Waals surface area contributed by atoms with Crippen LogP contribution in [-0.2, 0) is 41.7 Å². The van der Waals surface area contributed by atoms with Gasteiger partial charge < -0.3 is 18.1 Å². The van der Waals surface area contributed by atoms with Crippen LogP contribution >= 0.6 is 34.2 Å². The summed E-state index contributed by atoms with van der Waals surface area (Å²) < 4.78 is 24.4. The summed E-state index contributed by atoms with van der Waals surface area (Å²) in [6.07, 6.45) is 8.34. The molecule has 0 saturated carbocycles. The van der Waals surface area contributed by atoms with Crippen LogP contribution in [0.2, 0.25) is 0 Å². The van der Waals surface area contributed by atoms with E-state index < -0.39 is 11.4 Å². The minimum absolute atomic E-state index is 0.105. The summed E-state index contributed by atoms with van der Waals surface area (Å²) in [6.45, 7) is 16.6. The fourth-order valence-corrected chi connectivity index (χ4v) is 12.2. The minimum atomic E-state index is -2.36. The van der Waals surface area contributed by atoms with Crippen molar-refractivity contribution >= 4 is 57.8 Å². The van der Waals surface area contributed by atoms with Gasteiger partial charge in [-0.1, -0.05) is 62.6 Å². The van der Waals surface area contributed by atoms with Crippen LogP contribution in [0.5, 0.6) is 0 Å². The maximum atomic E-state index is 6.11. The summed E-state index contributed by atoms with van der Waals surface area (Å²) in [6, 6.07) is 0. The van der Waals surface area contributed by atoms with E-state index in [-0.39, 0.29) is 24.4 Å². The zero-order valence-corrected chi connectivity index (χ0v) is 24.9. The third-order valence-corrected chi connectivity index (χ3v) is 14.9. The van der Waals surface area contributed by atoms with E-state index >= 15 is 0 Å². The van der Waals surface area contributed by atoms with Gasteiger partial charge in [-0.3, -0.25) is 0 Å². The first-order valence-electron chi connectivity index (χ1n) is 10.9. The first-order chi connectivity index (χ1) is 14.0. The second-order valence-corrected chi connectivity index (χ2v) is 19.8. The predicted molar refractivity (Wildman–Crippen MR) is 146 cm³/mol. The molecule has 0 bridgehead atoms. The average Bonchev–Trinajstić information content (AvgIpc) is 2.69. The van der Waals surface area contributed by atoms with Crippen LogP contribution in [-0.4, -0.2) is 35.9 Å². The lowest BCUT2D eigenvalue weighted by Gasteiger charge is -2.27. The molecule has 0 N–H and O–H groups in total. The molecule has 0 heterocycles. The predicted octanol–water partition coefficient (Wildman–Crippen LogP) is 8.72. The van der Waals surface area contributed by atoms with Crippen molar-refractivity contribution in [2.24, 2.45) is 0 Å². The summed E-state index contributed by atoms with van der Waals surface area (Å²) >= 11 is 14.8.